The van der Waals surface area contributed by atoms with E-state index in [1.807, 2.05) is 54.6 Å². The quantitative estimate of drug-likeness (QED) is 0.770. The van der Waals surface area contributed by atoms with Gasteiger partial charge >= 0.3 is 0 Å². The van der Waals surface area contributed by atoms with Gasteiger partial charge in [0.1, 0.15) is 5.75 Å². The van der Waals surface area contributed by atoms with Gasteiger partial charge in [0, 0.05) is 11.1 Å². The van der Waals surface area contributed by atoms with Gasteiger partial charge in [0.05, 0.1) is 12.1 Å². The molecule has 25 heavy (non-hydrogen) atoms. The molecule has 0 radical (unpaired) electrons. The van der Waals surface area contributed by atoms with Crippen LogP contribution in [-0.2, 0) is 9.59 Å². The molecule has 1 aliphatic rings. The fraction of sp³-hybridized carbons (Fsp3) is 0.100. The van der Waals surface area contributed by atoms with Gasteiger partial charge in [-0.2, -0.15) is 0 Å². The Morgan fingerprint density at radius 3 is 2.68 bits per heavy atom. The third kappa shape index (κ3) is 3.04. The van der Waals surface area contributed by atoms with Crippen molar-refractivity contribution in [3.8, 4) is 5.75 Å². The van der Waals surface area contributed by atoms with Crippen molar-refractivity contribution in [2.45, 2.75) is 12.5 Å². The molecule has 1 heterocycles. The van der Waals surface area contributed by atoms with Gasteiger partial charge in [-0.3, -0.25) is 9.59 Å². The van der Waals surface area contributed by atoms with Crippen molar-refractivity contribution in [1.82, 2.24) is 0 Å². The van der Waals surface area contributed by atoms with Crippen molar-refractivity contribution in [2.24, 2.45) is 0 Å². The second kappa shape index (κ2) is 6.28. The maximum absolute atomic E-state index is 12.4. The third-order valence-electron chi connectivity index (χ3n) is 4.14. The predicted octanol–water partition coefficient (Wildman–Crippen LogP) is 3.57. The number of hydrogen-bond donors (Lipinski definition) is 2. The summed E-state index contributed by atoms with van der Waals surface area (Å²) in [6.07, 6.45) is -0.895. The summed E-state index contributed by atoms with van der Waals surface area (Å²) in [6.45, 7) is 0. The fourth-order valence-corrected chi connectivity index (χ4v) is 2.93. The summed E-state index contributed by atoms with van der Waals surface area (Å²) in [5.74, 6) is -0.00675. The first-order chi connectivity index (χ1) is 12.2. The Hall–Kier alpha value is -3.34. The van der Waals surface area contributed by atoms with Crippen LogP contribution in [0, 0.1) is 0 Å². The number of carbonyl (C=O) groups is 2. The number of para-hydroxylation sites is 2. The number of amides is 2. The minimum absolute atomic E-state index is 0.0522. The summed E-state index contributed by atoms with van der Waals surface area (Å²) < 4.78 is 5.67. The zero-order chi connectivity index (χ0) is 17.2. The van der Waals surface area contributed by atoms with Crippen molar-refractivity contribution in [3.05, 3.63) is 66.7 Å². The van der Waals surface area contributed by atoms with Gasteiger partial charge in [0.25, 0.3) is 5.91 Å². The molecule has 2 N–H and O–H groups in total. The topological polar surface area (TPSA) is 67.4 Å². The van der Waals surface area contributed by atoms with Crippen molar-refractivity contribution in [2.75, 3.05) is 10.6 Å². The van der Waals surface area contributed by atoms with Crippen LogP contribution in [0.15, 0.2) is 66.7 Å². The van der Waals surface area contributed by atoms with Gasteiger partial charge in [-0.15, -0.1) is 0 Å². The largest absolute Gasteiger partial charge is 0.478 e. The Morgan fingerprint density at radius 1 is 1.00 bits per heavy atom. The summed E-state index contributed by atoms with van der Waals surface area (Å²) in [5, 5.41) is 7.64. The van der Waals surface area contributed by atoms with Gasteiger partial charge in [0.2, 0.25) is 5.91 Å². The Kier molecular flexibility index (Phi) is 3.82. The van der Waals surface area contributed by atoms with Crippen LogP contribution in [0.3, 0.4) is 0 Å². The van der Waals surface area contributed by atoms with E-state index in [1.165, 1.54) is 0 Å². The Balaban J connectivity index is 1.50. The van der Waals surface area contributed by atoms with Crippen LogP contribution >= 0.6 is 0 Å². The Bertz CT molecular complexity index is 963. The normalized spacial score (nSPS) is 15.8. The molecule has 0 aromatic heterocycles. The second-order valence-corrected chi connectivity index (χ2v) is 5.87. The molecule has 0 unspecified atom stereocenters. The van der Waals surface area contributed by atoms with Gasteiger partial charge in [0.15, 0.2) is 6.10 Å². The Labute approximate surface area is 144 Å². The van der Waals surface area contributed by atoms with E-state index in [1.54, 1.807) is 12.1 Å². The standard InChI is InChI=1S/C20H16N2O3/c23-19(21-15-10-5-7-13-6-1-2-8-14(13)15)12-18-20(24)22-16-9-3-4-11-17(16)25-18/h1-11,18H,12H2,(H,21,23)(H,22,24)/t18-/m0/s1. The molecule has 3 aromatic rings. The first-order valence-corrected chi connectivity index (χ1v) is 8.05. The summed E-state index contributed by atoms with van der Waals surface area (Å²) in [6, 6.07) is 20.7. The highest BCUT2D eigenvalue weighted by atomic mass is 16.5. The van der Waals surface area contributed by atoms with E-state index in [0.29, 0.717) is 11.4 Å². The van der Waals surface area contributed by atoms with Crippen LogP contribution in [0.1, 0.15) is 6.42 Å². The number of nitrogens with one attached hydrogen (secondary N) is 2. The van der Waals surface area contributed by atoms with Crippen molar-refractivity contribution >= 4 is 34.0 Å². The van der Waals surface area contributed by atoms with Crippen molar-refractivity contribution in [3.63, 3.8) is 0 Å². The maximum Gasteiger partial charge on any atom is 0.266 e. The second-order valence-electron chi connectivity index (χ2n) is 5.87. The van der Waals surface area contributed by atoms with E-state index in [2.05, 4.69) is 10.6 Å². The molecule has 4 rings (SSSR count). The highest BCUT2D eigenvalue weighted by molar-refractivity contribution is 6.05. The highest BCUT2D eigenvalue weighted by Crippen LogP contribution is 2.30. The number of benzene rings is 3. The van der Waals surface area contributed by atoms with Gasteiger partial charge in [-0.1, -0.05) is 48.5 Å². The van der Waals surface area contributed by atoms with Gasteiger partial charge < -0.3 is 15.4 Å². The first-order valence-electron chi connectivity index (χ1n) is 8.05. The maximum atomic E-state index is 12.4. The first kappa shape index (κ1) is 15.2. The Morgan fingerprint density at radius 2 is 1.76 bits per heavy atom. The minimum atomic E-state index is -0.843. The molecule has 0 fully saturated rings. The van der Waals surface area contributed by atoms with Crippen LogP contribution in [0.2, 0.25) is 0 Å². The minimum Gasteiger partial charge on any atom is -0.478 e. The van der Waals surface area contributed by atoms with Crippen LogP contribution < -0.4 is 15.4 Å². The molecule has 0 saturated carbocycles. The molecule has 3 aromatic carbocycles. The molecule has 2 amide bonds. The number of hydrogen-bond acceptors (Lipinski definition) is 3. The summed E-state index contributed by atoms with van der Waals surface area (Å²) in [7, 11) is 0. The summed E-state index contributed by atoms with van der Waals surface area (Å²) in [5.41, 5.74) is 1.35. The van der Waals surface area contributed by atoms with Crippen LogP contribution in [-0.4, -0.2) is 17.9 Å². The van der Waals surface area contributed by atoms with Gasteiger partial charge in [-0.05, 0) is 23.6 Å². The number of rotatable bonds is 3. The molecule has 0 saturated heterocycles. The lowest BCUT2D eigenvalue weighted by Gasteiger charge is -2.25. The molecule has 0 bridgehead atoms. The van der Waals surface area contributed by atoms with Gasteiger partial charge in [-0.25, -0.2) is 0 Å². The fourth-order valence-electron chi connectivity index (χ4n) is 2.93. The smallest absolute Gasteiger partial charge is 0.266 e. The molecule has 1 atom stereocenters. The van der Waals surface area contributed by atoms with E-state index < -0.39 is 6.10 Å². The molecule has 0 spiro atoms. The lowest BCUT2D eigenvalue weighted by molar-refractivity contribution is -0.128. The zero-order valence-corrected chi connectivity index (χ0v) is 13.4. The molecular weight excluding hydrogens is 316 g/mol. The average molecular weight is 332 g/mol. The van der Waals surface area contributed by atoms with Crippen LogP contribution in [0.25, 0.3) is 10.8 Å². The predicted molar refractivity (Wildman–Crippen MR) is 96.7 cm³/mol. The SMILES string of the molecule is O=C(C[C@@H]1Oc2ccccc2NC1=O)Nc1cccc2ccccc12. The monoisotopic (exact) mass is 332 g/mol. The molecule has 124 valence electrons. The summed E-state index contributed by atoms with van der Waals surface area (Å²) in [4.78, 5) is 24.6. The average Bonchev–Trinajstić information content (AvgIpc) is 2.63. The highest BCUT2D eigenvalue weighted by Gasteiger charge is 2.29. The number of fused-ring (bicyclic) bond motifs is 2. The molecular formula is C20H16N2O3. The number of anilines is 2. The van der Waals surface area contributed by atoms with E-state index >= 15 is 0 Å². The van der Waals surface area contributed by atoms with Crippen molar-refractivity contribution < 1.29 is 14.3 Å². The third-order valence-corrected chi connectivity index (χ3v) is 4.14. The van der Waals surface area contributed by atoms with Crippen LogP contribution in [0.5, 0.6) is 5.75 Å². The van der Waals surface area contributed by atoms with E-state index in [0.717, 1.165) is 16.5 Å². The van der Waals surface area contributed by atoms with Crippen LogP contribution in [0.4, 0.5) is 11.4 Å². The zero-order valence-electron chi connectivity index (χ0n) is 13.4. The lowest BCUT2D eigenvalue weighted by Crippen LogP contribution is -2.39. The summed E-state index contributed by atoms with van der Waals surface area (Å²) >= 11 is 0. The molecule has 5 nitrogen and oxygen atoms in total. The molecule has 5 heteroatoms. The lowest BCUT2D eigenvalue weighted by atomic mass is 10.1. The molecule has 1 aliphatic heterocycles. The van der Waals surface area contributed by atoms with E-state index in [9.17, 15) is 9.59 Å². The van der Waals surface area contributed by atoms with E-state index in [-0.39, 0.29) is 18.2 Å². The number of carbonyl (C=O) groups excluding carboxylic acids is 2. The number of ether oxygens (including phenoxy) is 1. The van der Waals surface area contributed by atoms with Crippen molar-refractivity contribution in [1.29, 1.82) is 0 Å². The molecule has 0 aliphatic carbocycles. The van der Waals surface area contributed by atoms with E-state index in [4.69, 9.17) is 4.74 Å².